The highest BCUT2D eigenvalue weighted by Crippen LogP contribution is 2.37. The second kappa shape index (κ2) is 8.05. The molecule has 1 aromatic heterocycles. The van der Waals surface area contributed by atoms with Crippen molar-refractivity contribution in [2.24, 2.45) is 0 Å². The third-order valence-electron chi connectivity index (χ3n) is 5.38. The molecule has 5 nitrogen and oxygen atoms in total. The summed E-state index contributed by atoms with van der Waals surface area (Å²) >= 11 is 5.98. The van der Waals surface area contributed by atoms with Crippen molar-refractivity contribution in [2.45, 2.75) is 31.9 Å². The molecule has 10 heteroatoms. The summed E-state index contributed by atoms with van der Waals surface area (Å²) in [5.74, 6) is -3.23. The lowest BCUT2D eigenvalue weighted by Gasteiger charge is -2.16. The first-order chi connectivity index (χ1) is 15.1. The fraction of sp³-hybridized carbons (Fsp3) is 0.227. The van der Waals surface area contributed by atoms with Crippen LogP contribution in [0.3, 0.4) is 0 Å². The summed E-state index contributed by atoms with van der Waals surface area (Å²) in [5.41, 5.74) is -1.17. The average molecular weight is 467 g/mol. The Bertz CT molecular complexity index is 1250. The Kier molecular flexibility index (Phi) is 5.54. The molecule has 1 heterocycles. The van der Waals surface area contributed by atoms with Crippen LogP contribution in [0, 0.1) is 5.82 Å². The van der Waals surface area contributed by atoms with Gasteiger partial charge in [0.1, 0.15) is 5.82 Å². The van der Waals surface area contributed by atoms with Crippen molar-refractivity contribution >= 4 is 23.5 Å². The van der Waals surface area contributed by atoms with Crippen LogP contribution in [0.5, 0.6) is 0 Å². The van der Waals surface area contributed by atoms with E-state index in [0.29, 0.717) is 30.5 Å². The van der Waals surface area contributed by atoms with Gasteiger partial charge in [-0.2, -0.15) is 23.0 Å². The molecular weight excluding hydrogens is 452 g/mol. The first kappa shape index (κ1) is 22.0. The number of rotatable bonds is 3. The third kappa shape index (κ3) is 3.77. The maximum absolute atomic E-state index is 14.7. The van der Waals surface area contributed by atoms with Crippen molar-refractivity contribution in [3.8, 4) is 11.3 Å². The van der Waals surface area contributed by atoms with E-state index in [0.717, 1.165) is 29.3 Å². The average Bonchev–Trinajstić information content (AvgIpc) is 3.12. The molecule has 0 saturated heterocycles. The van der Waals surface area contributed by atoms with Gasteiger partial charge in [0.15, 0.2) is 0 Å². The topological polar surface area (TPSA) is 72.2 Å². The summed E-state index contributed by atoms with van der Waals surface area (Å²) in [6.07, 6.45) is -2.58. The quantitative estimate of drug-likeness (QED) is 0.508. The Hall–Kier alpha value is -3.20. The van der Waals surface area contributed by atoms with Gasteiger partial charge in [-0.25, -0.2) is 9.18 Å². The molecule has 0 atom stereocenters. The lowest BCUT2D eigenvalue weighted by Crippen LogP contribution is -2.22. The molecule has 32 heavy (non-hydrogen) atoms. The summed E-state index contributed by atoms with van der Waals surface area (Å²) in [5, 5.41) is 12.9. The largest absolute Gasteiger partial charge is 0.478 e. The molecule has 0 spiro atoms. The van der Waals surface area contributed by atoms with Gasteiger partial charge in [-0.1, -0.05) is 17.7 Å². The highest BCUT2D eigenvalue weighted by Gasteiger charge is 2.38. The molecular formula is C22H15ClF4N2O3. The number of nitrogens with zero attached hydrogens (tertiary/aromatic N) is 2. The van der Waals surface area contributed by atoms with Crippen LogP contribution in [0.2, 0.25) is 5.02 Å². The van der Waals surface area contributed by atoms with Crippen LogP contribution in [-0.4, -0.2) is 26.8 Å². The van der Waals surface area contributed by atoms with Crippen LogP contribution >= 0.6 is 11.6 Å². The summed E-state index contributed by atoms with van der Waals surface area (Å²) in [6, 6.07) is 6.33. The zero-order chi connectivity index (χ0) is 23.2. The number of aromatic carboxylic acids is 1. The lowest BCUT2D eigenvalue weighted by molar-refractivity contribution is -0.137. The van der Waals surface area contributed by atoms with E-state index in [-0.39, 0.29) is 21.8 Å². The fourth-order valence-electron chi connectivity index (χ4n) is 3.91. The van der Waals surface area contributed by atoms with Gasteiger partial charge in [0, 0.05) is 11.1 Å². The molecule has 2 aromatic carbocycles. The zero-order valence-electron chi connectivity index (χ0n) is 16.3. The van der Waals surface area contributed by atoms with Crippen molar-refractivity contribution in [2.75, 3.05) is 0 Å². The number of aromatic nitrogens is 2. The van der Waals surface area contributed by atoms with Crippen LogP contribution in [0.25, 0.3) is 11.3 Å². The zero-order valence-corrected chi connectivity index (χ0v) is 17.1. The smallest absolute Gasteiger partial charge is 0.417 e. The van der Waals surface area contributed by atoms with E-state index in [2.05, 4.69) is 5.10 Å². The summed E-state index contributed by atoms with van der Waals surface area (Å²) in [7, 11) is 0. The van der Waals surface area contributed by atoms with Crippen molar-refractivity contribution in [3.05, 3.63) is 75.2 Å². The van der Waals surface area contributed by atoms with Crippen LogP contribution in [-0.2, 0) is 19.0 Å². The molecule has 0 radical (unpaired) electrons. The van der Waals surface area contributed by atoms with E-state index in [1.807, 2.05) is 0 Å². The van der Waals surface area contributed by atoms with Crippen molar-refractivity contribution < 1.29 is 32.3 Å². The number of hydrogen-bond donors (Lipinski definition) is 1. The van der Waals surface area contributed by atoms with Gasteiger partial charge in [0.25, 0.3) is 5.91 Å². The van der Waals surface area contributed by atoms with Crippen LogP contribution < -0.4 is 0 Å². The molecule has 1 aliphatic carbocycles. The minimum atomic E-state index is -4.81. The van der Waals surface area contributed by atoms with Gasteiger partial charge in [-0.15, -0.1) is 0 Å². The maximum atomic E-state index is 14.7. The molecule has 4 rings (SSSR count). The number of carboxylic acid groups (broad SMARTS) is 1. The van der Waals surface area contributed by atoms with Crippen molar-refractivity contribution in [3.63, 3.8) is 0 Å². The van der Waals surface area contributed by atoms with E-state index in [4.69, 9.17) is 16.7 Å². The predicted molar refractivity (Wildman–Crippen MR) is 107 cm³/mol. The number of hydrogen-bond acceptors (Lipinski definition) is 3. The van der Waals surface area contributed by atoms with E-state index in [1.165, 1.54) is 18.2 Å². The summed E-state index contributed by atoms with van der Waals surface area (Å²) in [4.78, 5) is 24.3. The predicted octanol–water partition coefficient (Wildman–Crippen LogP) is 5.63. The van der Waals surface area contributed by atoms with Gasteiger partial charge >= 0.3 is 12.1 Å². The molecule has 0 aliphatic heterocycles. The molecule has 0 bridgehead atoms. The third-order valence-corrected chi connectivity index (χ3v) is 5.69. The number of fused-ring (bicyclic) bond motifs is 1. The number of carboxylic acids is 1. The highest BCUT2D eigenvalue weighted by molar-refractivity contribution is 6.34. The van der Waals surface area contributed by atoms with Crippen LogP contribution in [0.15, 0.2) is 36.4 Å². The maximum Gasteiger partial charge on any atom is 0.417 e. The number of benzene rings is 2. The van der Waals surface area contributed by atoms with Crippen LogP contribution in [0.1, 0.15) is 50.4 Å². The molecule has 1 N–H and O–H groups in total. The Morgan fingerprint density at radius 3 is 2.47 bits per heavy atom. The van der Waals surface area contributed by atoms with Crippen molar-refractivity contribution in [1.29, 1.82) is 0 Å². The Balaban J connectivity index is 1.90. The van der Waals surface area contributed by atoms with Crippen LogP contribution in [0.4, 0.5) is 17.6 Å². The Morgan fingerprint density at radius 1 is 1.09 bits per heavy atom. The fourth-order valence-corrected chi connectivity index (χ4v) is 4.16. The van der Waals surface area contributed by atoms with E-state index in [9.17, 15) is 27.2 Å². The highest BCUT2D eigenvalue weighted by atomic mass is 35.5. The number of alkyl halides is 3. The minimum Gasteiger partial charge on any atom is -0.478 e. The summed E-state index contributed by atoms with van der Waals surface area (Å²) < 4.78 is 56.2. The molecule has 0 amide bonds. The first-order valence-corrected chi connectivity index (χ1v) is 10.0. The first-order valence-electron chi connectivity index (χ1n) is 9.64. The molecule has 0 unspecified atom stereocenters. The lowest BCUT2D eigenvalue weighted by atomic mass is 9.93. The Morgan fingerprint density at radius 2 is 1.81 bits per heavy atom. The molecule has 1 aliphatic rings. The van der Waals surface area contributed by atoms with Gasteiger partial charge in [-0.05, 0) is 56.0 Å². The van der Waals surface area contributed by atoms with Gasteiger partial charge < -0.3 is 5.11 Å². The van der Waals surface area contributed by atoms with Gasteiger partial charge in [0.2, 0.25) is 0 Å². The summed E-state index contributed by atoms with van der Waals surface area (Å²) in [6.45, 7) is 0. The normalized spacial score (nSPS) is 13.7. The number of halogens is 5. The molecule has 3 aromatic rings. The monoisotopic (exact) mass is 466 g/mol. The molecule has 0 fully saturated rings. The number of carbonyl (C=O) groups is 2. The van der Waals surface area contributed by atoms with E-state index in [1.54, 1.807) is 0 Å². The second-order valence-electron chi connectivity index (χ2n) is 7.36. The SMILES string of the molecule is O=C(O)c1ccc(-c2nn(C(=O)c3c(Cl)cccc3C(F)(F)F)c3c2CCCC3)c(F)c1. The molecule has 166 valence electrons. The minimum absolute atomic E-state index is 0.0325. The number of carbonyl (C=O) groups excluding carboxylic acids is 1. The van der Waals surface area contributed by atoms with E-state index < -0.39 is 35.0 Å². The van der Waals surface area contributed by atoms with Crippen molar-refractivity contribution in [1.82, 2.24) is 9.78 Å². The second-order valence-corrected chi connectivity index (χ2v) is 7.77. The van der Waals surface area contributed by atoms with E-state index >= 15 is 0 Å². The van der Waals surface area contributed by atoms with Gasteiger partial charge in [-0.3, -0.25) is 4.79 Å². The molecule has 0 saturated carbocycles. The Labute approximate surface area is 184 Å². The van der Waals surface area contributed by atoms with Gasteiger partial charge in [0.05, 0.1) is 33.1 Å². The standard InChI is InChI=1S/C22H15ClF4N2O3/c23-15-6-3-5-14(22(25,26)27)18(15)20(30)29-17-7-2-1-4-13(17)19(28-29)12-9-8-11(21(31)32)10-16(12)24/h3,5-6,8-10H,1-2,4,7H2,(H,31,32).